The van der Waals surface area contributed by atoms with E-state index in [4.69, 9.17) is 0 Å². The predicted molar refractivity (Wildman–Crippen MR) is 56.3 cm³/mol. The second-order valence-electron chi connectivity index (χ2n) is 3.62. The normalized spacial score (nSPS) is 15.1. The summed E-state index contributed by atoms with van der Waals surface area (Å²) in [5.41, 5.74) is 1.69. The van der Waals surface area contributed by atoms with Crippen LogP contribution in [-0.2, 0) is 0 Å². The van der Waals surface area contributed by atoms with Crippen molar-refractivity contribution in [3.8, 4) is 5.75 Å². The minimum Gasteiger partial charge on any atom is -0.508 e. The van der Waals surface area contributed by atoms with Gasteiger partial charge in [0.2, 0.25) is 0 Å². The number of aryl methyl sites for hydroxylation is 1. The molecule has 14 heavy (non-hydrogen) atoms. The Balaban J connectivity index is 2.94. The molecule has 0 spiro atoms. The van der Waals surface area contributed by atoms with Gasteiger partial charge in [0, 0.05) is 6.04 Å². The van der Waals surface area contributed by atoms with E-state index in [9.17, 15) is 10.2 Å². The lowest BCUT2D eigenvalue weighted by atomic mass is 10.0. The molecule has 78 valence electrons. The molecular formula is C11H17NO2. The van der Waals surface area contributed by atoms with Gasteiger partial charge in [0.1, 0.15) is 5.75 Å². The van der Waals surface area contributed by atoms with Gasteiger partial charge in [-0.1, -0.05) is 6.07 Å². The summed E-state index contributed by atoms with van der Waals surface area (Å²) in [6.45, 7) is 3.78. The lowest BCUT2D eigenvalue weighted by Crippen LogP contribution is -2.28. The molecule has 0 saturated carbocycles. The van der Waals surface area contributed by atoms with E-state index in [0.717, 1.165) is 11.1 Å². The van der Waals surface area contributed by atoms with Crippen molar-refractivity contribution in [3.63, 3.8) is 0 Å². The second kappa shape index (κ2) is 4.44. The highest BCUT2D eigenvalue weighted by atomic mass is 16.3. The first-order chi connectivity index (χ1) is 6.54. The Hall–Kier alpha value is -1.06. The molecule has 0 saturated heterocycles. The molecule has 3 heteroatoms. The first-order valence-electron chi connectivity index (χ1n) is 4.70. The summed E-state index contributed by atoms with van der Waals surface area (Å²) in [6.07, 6.45) is -0.592. The van der Waals surface area contributed by atoms with Crippen LogP contribution in [0.25, 0.3) is 0 Å². The molecule has 1 aromatic rings. The van der Waals surface area contributed by atoms with Crippen molar-refractivity contribution in [1.82, 2.24) is 5.32 Å². The molecule has 0 radical (unpaired) electrons. The largest absolute Gasteiger partial charge is 0.508 e. The first-order valence-corrected chi connectivity index (χ1v) is 4.70. The summed E-state index contributed by atoms with van der Waals surface area (Å²) in [4.78, 5) is 0. The Labute approximate surface area is 84.4 Å². The number of hydrogen-bond donors (Lipinski definition) is 3. The number of likely N-dealkylation sites (N-methyl/N-ethyl adjacent to an activating group) is 1. The van der Waals surface area contributed by atoms with Crippen molar-refractivity contribution in [2.75, 3.05) is 7.05 Å². The number of hydrogen-bond acceptors (Lipinski definition) is 3. The van der Waals surface area contributed by atoms with Crippen LogP contribution in [-0.4, -0.2) is 23.3 Å². The summed E-state index contributed by atoms with van der Waals surface area (Å²) in [6, 6.07) is 5.10. The van der Waals surface area contributed by atoms with E-state index in [-0.39, 0.29) is 11.8 Å². The molecule has 2 atom stereocenters. The molecule has 0 bridgehead atoms. The molecular weight excluding hydrogens is 178 g/mol. The third-order valence-corrected chi connectivity index (χ3v) is 2.35. The molecule has 0 aliphatic rings. The van der Waals surface area contributed by atoms with E-state index in [2.05, 4.69) is 5.32 Å². The van der Waals surface area contributed by atoms with Gasteiger partial charge in [0.05, 0.1) is 6.10 Å². The van der Waals surface area contributed by atoms with Crippen molar-refractivity contribution < 1.29 is 10.2 Å². The molecule has 0 amide bonds. The van der Waals surface area contributed by atoms with Gasteiger partial charge in [-0.3, -0.25) is 0 Å². The molecule has 0 aliphatic heterocycles. The number of aliphatic hydroxyl groups excluding tert-OH is 1. The van der Waals surface area contributed by atoms with E-state index >= 15 is 0 Å². The zero-order chi connectivity index (χ0) is 10.7. The van der Waals surface area contributed by atoms with E-state index in [1.807, 2.05) is 19.9 Å². The van der Waals surface area contributed by atoms with Crippen LogP contribution < -0.4 is 5.32 Å². The van der Waals surface area contributed by atoms with E-state index in [1.165, 1.54) is 0 Å². The van der Waals surface area contributed by atoms with Gasteiger partial charge in [-0.2, -0.15) is 0 Å². The molecule has 3 N–H and O–H groups in total. The maximum absolute atomic E-state index is 9.86. The molecule has 1 rings (SSSR count). The molecule has 0 aromatic heterocycles. The number of phenols is 1. The number of aliphatic hydroxyl groups is 1. The van der Waals surface area contributed by atoms with Crippen molar-refractivity contribution >= 4 is 0 Å². The van der Waals surface area contributed by atoms with Gasteiger partial charge in [-0.15, -0.1) is 0 Å². The van der Waals surface area contributed by atoms with Gasteiger partial charge in [0.25, 0.3) is 0 Å². The molecule has 0 fully saturated rings. The van der Waals surface area contributed by atoms with Crippen LogP contribution in [0.3, 0.4) is 0 Å². The van der Waals surface area contributed by atoms with Crippen LogP contribution >= 0.6 is 0 Å². The number of phenolic OH excluding ortho intramolecular Hbond substituents is 1. The van der Waals surface area contributed by atoms with Crippen molar-refractivity contribution in [2.24, 2.45) is 0 Å². The zero-order valence-electron chi connectivity index (χ0n) is 8.78. The highest BCUT2D eigenvalue weighted by molar-refractivity contribution is 5.34. The number of rotatable bonds is 3. The highest BCUT2D eigenvalue weighted by Crippen LogP contribution is 2.22. The average molecular weight is 195 g/mol. The van der Waals surface area contributed by atoms with Crippen LogP contribution in [0.4, 0.5) is 0 Å². The fourth-order valence-corrected chi connectivity index (χ4v) is 1.41. The quantitative estimate of drug-likeness (QED) is 0.682. The lowest BCUT2D eigenvalue weighted by Gasteiger charge is -2.19. The van der Waals surface area contributed by atoms with Crippen LogP contribution in [0.1, 0.15) is 24.2 Å². The minimum atomic E-state index is -0.592. The Morgan fingerprint density at radius 2 is 1.93 bits per heavy atom. The standard InChI is InChI=1S/C11H17NO2/c1-7-4-9(6-10(13)5-7)11(14)8(2)12-3/h4-6,8,11-14H,1-3H3. The third kappa shape index (κ3) is 2.47. The van der Waals surface area contributed by atoms with Crippen LogP contribution in [0.15, 0.2) is 18.2 Å². The molecule has 0 aliphatic carbocycles. The van der Waals surface area contributed by atoms with Gasteiger partial charge < -0.3 is 15.5 Å². The molecule has 2 unspecified atom stereocenters. The van der Waals surface area contributed by atoms with E-state index < -0.39 is 6.10 Å². The van der Waals surface area contributed by atoms with Crippen molar-refractivity contribution in [2.45, 2.75) is 26.0 Å². The van der Waals surface area contributed by atoms with E-state index in [0.29, 0.717) is 0 Å². The molecule has 3 nitrogen and oxygen atoms in total. The smallest absolute Gasteiger partial charge is 0.116 e. The highest BCUT2D eigenvalue weighted by Gasteiger charge is 2.15. The molecule has 0 heterocycles. The predicted octanol–water partition coefficient (Wildman–Crippen LogP) is 1.34. The summed E-state index contributed by atoms with van der Waals surface area (Å²) >= 11 is 0. The number of nitrogens with one attached hydrogen (secondary N) is 1. The van der Waals surface area contributed by atoms with Gasteiger partial charge in [-0.05, 0) is 44.2 Å². The average Bonchev–Trinajstić information content (AvgIpc) is 2.14. The summed E-state index contributed by atoms with van der Waals surface area (Å²) in [5, 5.41) is 22.2. The number of benzene rings is 1. The zero-order valence-corrected chi connectivity index (χ0v) is 8.78. The maximum Gasteiger partial charge on any atom is 0.116 e. The topological polar surface area (TPSA) is 52.5 Å². The maximum atomic E-state index is 9.86. The van der Waals surface area contributed by atoms with Crippen LogP contribution in [0.2, 0.25) is 0 Å². The Morgan fingerprint density at radius 3 is 2.43 bits per heavy atom. The second-order valence-corrected chi connectivity index (χ2v) is 3.62. The fraction of sp³-hybridized carbons (Fsp3) is 0.455. The van der Waals surface area contributed by atoms with Crippen molar-refractivity contribution in [3.05, 3.63) is 29.3 Å². The fourth-order valence-electron chi connectivity index (χ4n) is 1.41. The lowest BCUT2D eigenvalue weighted by molar-refractivity contribution is 0.140. The Morgan fingerprint density at radius 1 is 1.29 bits per heavy atom. The van der Waals surface area contributed by atoms with Crippen LogP contribution in [0, 0.1) is 6.92 Å². The molecule has 1 aromatic carbocycles. The van der Waals surface area contributed by atoms with Crippen molar-refractivity contribution in [1.29, 1.82) is 0 Å². The van der Waals surface area contributed by atoms with Gasteiger partial charge >= 0.3 is 0 Å². The van der Waals surface area contributed by atoms with E-state index in [1.54, 1.807) is 19.2 Å². The Bertz CT molecular complexity index is 292. The first kappa shape index (κ1) is 11.0. The monoisotopic (exact) mass is 195 g/mol. The summed E-state index contributed by atoms with van der Waals surface area (Å²) in [7, 11) is 1.80. The third-order valence-electron chi connectivity index (χ3n) is 2.35. The van der Waals surface area contributed by atoms with Gasteiger partial charge in [0.15, 0.2) is 0 Å². The van der Waals surface area contributed by atoms with Crippen LogP contribution in [0.5, 0.6) is 5.75 Å². The van der Waals surface area contributed by atoms with Gasteiger partial charge in [-0.25, -0.2) is 0 Å². The number of aromatic hydroxyl groups is 1. The Kier molecular flexibility index (Phi) is 3.49. The minimum absolute atomic E-state index is 0.0313. The summed E-state index contributed by atoms with van der Waals surface area (Å²) in [5.74, 6) is 0.197. The summed E-state index contributed by atoms with van der Waals surface area (Å²) < 4.78 is 0. The SMILES string of the molecule is CNC(C)C(O)c1cc(C)cc(O)c1.